The first kappa shape index (κ1) is 12.4. The highest BCUT2D eigenvalue weighted by molar-refractivity contribution is 5.80. The summed E-state index contributed by atoms with van der Waals surface area (Å²) in [6.45, 7) is 0.501. The number of nitrogens with zero attached hydrogens (tertiary/aromatic N) is 3. The van der Waals surface area contributed by atoms with Gasteiger partial charge >= 0.3 is 0 Å². The molecule has 0 aliphatic rings. The lowest BCUT2D eigenvalue weighted by atomic mass is 10.2. The molecule has 3 nitrogen and oxygen atoms in total. The molecule has 0 N–H and O–H groups in total. The van der Waals surface area contributed by atoms with E-state index >= 15 is 0 Å². The van der Waals surface area contributed by atoms with Crippen LogP contribution in [0.25, 0.3) is 22.4 Å². The van der Waals surface area contributed by atoms with Crippen LogP contribution >= 0.6 is 0 Å². The number of para-hydroxylation sites is 2. The number of hydrogen-bond acceptors (Lipinski definition) is 2. The van der Waals surface area contributed by atoms with Crippen molar-refractivity contribution in [2.45, 2.75) is 13.0 Å². The van der Waals surface area contributed by atoms with Gasteiger partial charge in [-0.2, -0.15) is 5.26 Å². The summed E-state index contributed by atoms with van der Waals surface area (Å²) in [6.07, 6.45) is 0.363. The van der Waals surface area contributed by atoms with Crippen LogP contribution in [0.5, 0.6) is 0 Å². The minimum atomic E-state index is -0.305. The van der Waals surface area contributed by atoms with Crippen molar-refractivity contribution in [3.63, 3.8) is 0 Å². The summed E-state index contributed by atoms with van der Waals surface area (Å²) in [5.41, 5.74) is 2.19. The van der Waals surface area contributed by atoms with Crippen LogP contribution in [0.2, 0.25) is 0 Å². The molecule has 0 spiro atoms. The molecule has 0 unspecified atom stereocenters. The van der Waals surface area contributed by atoms with Gasteiger partial charge in [0.05, 0.1) is 29.1 Å². The fraction of sp³-hybridized carbons (Fsp3) is 0.125. The zero-order valence-electron chi connectivity index (χ0n) is 10.8. The third-order valence-electron chi connectivity index (χ3n) is 3.22. The van der Waals surface area contributed by atoms with Crippen molar-refractivity contribution in [3.05, 3.63) is 54.3 Å². The van der Waals surface area contributed by atoms with Gasteiger partial charge in [0, 0.05) is 6.54 Å². The van der Waals surface area contributed by atoms with E-state index in [0.717, 1.165) is 11.0 Å². The lowest BCUT2D eigenvalue weighted by Gasteiger charge is -2.07. The molecule has 20 heavy (non-hydrogen) atoms. The van der Waals surface area contributed by atoms with Gasteiger partial charge in [0.1, 0.15) is 11.6 Å². The molecule has 0 saturated heterocycles. The first-order valence-electron chi connectivity index (χ1n) is 6.38. The van der Waals surface area contributed by atoms with Crippen molar-refractivity contribution >= 4 is 11.0 Å². The van der Waals surface area contributed by atoms with Crippen molar-refractivity contribution in [3.8, 4) is 17.5 Å². The summed E-state index contributed by atoms with van der Waals surface area (Å²) in [4.78, 5) is 4.51. The molecule has 1 heterocycles. The summed E-state index contributed by atoms with van der Waals surface area (Å²) in [7, 11) is 0. The Morgan fingerprint density at radius 1 is 1.10 bits per heavy atom. The Labute approximate surface area is 115 Å². The van der Waals surface area contributed by atoms with Gasteiger partial charge in [0.15, 0.2) is 0 Å². The van der Waals surface area contributed by atoms with Gasteiger partial charge in [0.25, 0.3) is 0 Å². The van der Waals surface area contributed by atoms with Gasteiger partial charge in [-0.05, 0) is 24.3 Å². The first-order chi connectivity index (χ1) is 9.81. The number of nitriles is 1. The average molecular weight is 265 g/mol. The van der Waals surface area contributed by atoms with E-state index in [0.29, 0.717) is 24.4 Å². The third kappa shape index (κ3) is 2.04. The highest BCUT2D eigenvalue weighted by Crippen LogP contribution is 2.26. The van der Waals surface area contributed by atoms with Crippen LogP contribution in [-0.4, -0.2) is 9.55 Å². The van der Waals surface area contributed by atoms with E-state index in [4.69, 9.17) is 5.26 Å². The highest BCUT2D eigenvalue weighted by atomic mass is 19.1. The van der Waals surface area contributed by atoms with Crippen LogP contribution in [0, 0.1) is 17.1 Å². The lowest BCUT2D eigenvalue weighted by Crippen LogP contribution is -2.01. The molecule has 98 valence electrons. The van der Waals surface area contributed by atoms with Crippen molar-refractivity contribution in [1.29, 1.82) is 5.26 Å². The Bertz CT molecular complexity index is 799. The number of imidazole rings is 1. The Morgan fingerprint density at radius 2 is 1.85 bits per heavy atom. The molecule has 0 fully saturated rings. The van der Waals surface area contributed by atoms with E-state index in [9.17, 15) is 4.39 Å². The number of fused-ring (bicyclic) bond motifs is 1. The molecule has 0 amide bonds. The van der Waals surface area contributed by atoms with E-state index in [1.807, 2.05) is 28.8 Å². The smallest absolute Gasteiger partial charge is 0.144 e. The fourth-order valence-corrected chi connectivity index (χ4v) is 2.31. The molecule has 4 heteroatoms. The number of benzene rings is 2. The molecule has 1 aromatic heterocycles. The molecule has 0 aliphatic carbocycles. The summed E-state index contributed by atoms with van der Waals surface area (Å²) < 4.78 is 15.9. The molecule has 0 radical (unpaired) electrons. The van der Waals surface area contributed by atoms with E-state index in [1.54, 1.807) is 18.2 Å². The fourth-order valence-electron chi connectivity index (χ4n) is 2.31. The Morgan fingerprint density at radius 3 is 2.65 bits per heavy atom. The standard InChI is InChI=1S/C16H12FN3/c17-13-7-2-1-6-12(13)16-19-14-8-3-4-9-15(14)20(16)11-5-10-18/h1-4,6-9H,5,11H2. The summed E-state index contributed by atoms with van der Waals surface area (Å²) in [5, 5.41) is 8.80. The van der Waals surface area contributed by atoms with Crippen molar-refractivity contribution in [1.82, 2.24) is 9.55 Å². The number of hydrogen-bond donors (Lipinski definition) is 0. The van der Waals surface area contributed by atoms with E-state index < -0.39 is 0 Å². The SMILES string of the molecule is N#CCCn1c(-c2ccccc2F)nc2ccccc21. The van der Waals surface area contributed by atoms with Gasteiger partial charge < -0.3 is 4.57 Å². The molecule has 0 atom stereocenters. The molecular weight excluding hydrogens is 253 g/mol. The molecule has 0 saturated carbocycles. The van der Waals surface area contributed by atoms with Crippen LogP contribution in [0.1, 0.15) is 6.42 Å². The zero-order chi connectivity index (χ0) is 13.9. The van der Waals surface area contributed by atoms with Crippen molar-refractivity contribution in [2.24, 2.45) is 0 Å². The maximum atomic E-state index is 14.0. The van der Waals surface area contributed by atoms with Gasteiger partial charge in [0.2, 0.25) is 0 Å². The topological polar surface area (TPSA) is 41.6 Å². The number of halogens is 1. The van der Waals surface area contributed by atoms with Crippen LogP contribution < -0.4 is 0 Å². The van der Waals surface area contributed by atoms with Crippen molar-refractivity contribution in [2.75, 3.05) is 0 Å². The summed E-state index contributed by atoms with van der Waals surface area (Å²) in [5.74, 6) is 0.264. The van der Waals surface area contributed by atoms with Gasteiger partial charge in [-0.1, -0.05) is 24.3 Å². The number of rotatable bonds is 3. The van der Waals surface area contributed by atoms with E-state index in [-0.39, 0.29) is 5.82 Å². The number of aryl methyl sites for hydroxylation is 1. The summed E-state index contributed by atoms with van der Waals surface area (Å²) in [6, 6.07) is 16.3. The van der Waals surface area contributed by atoms with E-state index in [2.05, 4.69) is 11.1 Å². The van der Waals surface area contributed by atoms with Crippen LogP contribution in [0.4, 0.5) is 4.39 Å². The molecule has 2 aromatic carbocycles. The second kappa shape index (κ2) is 5.14. The predicted octanol–water partition coefficient (Wildman–Crippen LogP) is 3.76. The summed E-state index contributed by atoms with van der Waals surface area (Å²) >= 11 is 0. The lowest BCUT2D eigenvalue weighted by molar-refractivity contribution is 0.627. The molecule has 3 rings (SSSR count). The maximum absolute atomic E-state index is 14.0. The first-order valence-corrected chi connectivity index (χ1v) is 6.38. The quantitative estimate of drug-likeness (QED) is 0.723. The van der Waals surface area contributed by atoms with Crippen LogP contribution in [-0.2, 0) is 6.54 Å². The minimum Gasteiger partial charge on any atom is -0.323 e. The Kier molecular flexibility index (Phi) is 3.18. The third-order valence-corrected chi connectivity index (χ3v) is 3.22. The van der Waals surface area contributed by atoms with Crippen molar-refractivity contribution < 1.29 is 4.39 Å². The average Bonchev–Trinajstić information content (AvgIpc) is 2.84. The van der Waals surface area contributed by atoms with Gasteiger partial charge in [-0.3, -0.25) is 0 Å². The largest absolute Gasteiger partial charge is 0.323 e. The second-order valence-electron chi connectivity index (χ2n) is 4.46. The molecular formula is C16H12FN3. The highest BCUT2D eigenvalue weighted by Gasteiger charge is 2.14. The monoisotopic (exact) mass is 265 g/mol. The Hall–Kier alpha value is -2.67. The van der Waals surface area contributed by atoms with Crippen LogP contribution in [0.3, 0.4) is 0 Å². The maximum Gasteiger partial charge on any atom is 0.144 e. The predicted molar refractivity (Wildman–Crippen MR) is 75.4 cm³/mol. The van der Waals surface area contributed by atoms with Gasteiger partial charge in [-0.15, -0.1) is 0 Å². The number of aromatic nitrogens is 2. The molecule has 3 aromatic rings. The minimum absolute atomic E-state index is 0.305. The van der Waals surface area contributed by atoms with E-state index in [1.165, 1.54) is 6.07 Å². The normalized spacial score (nSPS) is 10.6. The van der Waals surface area contributed by atoms with Gasteiger partial charge in [-0.25, -0.2) is 9.37 Å². The zero-order valence-corrected chi connectivity index (χ0v) is 10.8. The molecule has 0 bridgehead atoms. The second-order valence-corrected chi connectivity index (χ2v) is 4.46. The Balaban J connectivity index is 2.24. The van der Waals surface area contributed by atoms with Crippen LogP contribution in [0.15, 0.2) is 48.5 Å². The molecule has 0 aliphatic heterocycles.